The van der Waals surface area contributed by atoms with E-state index in [1.54, 1.807) is 12.1 Å². The van der Waals surface area contributed by atoms with Gasteiger partial charge in [-0.1, -0.05) is 0 Å². The smallest absolute Gasteiger partial charge is 0.432 e. The number of nitro groups is 1. The number of non-ortho nitro benzene ring substituents is 1. The molecule has 0 amide bonds. The first-order valence-electron chi connectivity index (χ1n) is 8.19. The van der Waals surface area contributed by atoms with E-state index < -0.39 is 16.6 Å². The Balaban J connectivity index is 1.81. The van der Waals surface area contributed by atoms with Crippen LogP contribution < -0.4 is 10.6 Å². The molecule has 0 bridgehead atoms. The van der Waals surface area contributed by atoms with Gasteiger partial charge < -0.3 is 15.7 Å². The summed E-state index contributed by atoms with van der Waals surface area (Å²) in [6.45, 7) is 4.24. The van der Waals surface area contributed by atoms with Crippen LogP contribution in [0.5, 0.6) is 0 Å². The zero-order valence-electron chi connectivity index (χ0n) is 14.6. The fraction of sp³-hybridized carbons (Fsp3) is 0.235. The number of aromatic nitrogens is 3. The van der Waals surface area contributed by atoms with E-state index in [1.165, 1.54) is 18.3 Å². The largest absolute Gasteiger partial charge is 0.463 e. The zero-order valence-corrected chi connectivity index (χ0v) is 14.6. The van der Waals surface area contributed by atoms with Crippen LogP contribution in [0.1, 0.15) is 25.1 Å². The Morgan fingerprint density at radius 2 is 2.15 bits per heavy atom. The van der Waals surface area contributed by atoms with Gasteiger partial charge in [0.1, 0.15) is 5.82 Å². The lowest BCUT2D eigenvalue weighted by Gasteiger charge is -2.19. The summed E-state index contributed by atoms with van der Waals surface area (Å²) in [5.74, 6) is 0.841. The Bertz CT molecular complexity index is 1100. The van der Waals surface area contributed by atoms with Crippen molar-refractivity contribution in [2.24, 2.45) is 0 Å². The molecule has 0 saturated carbocycles. The van der Waals surface area contributed by atoms with Crippen LogP contribution in [-0.4, -0.2) is 30.9 Å². The number of benzene rings is 1. The van der Waals surface area contributed by atoms with Crippen molar-refractivity contribution in [3.8, 4) is 0 Å². The molecule has 0 unspecified atom stereocenters. The van der Waals surface area contributed by atoms with Crippen LogP contribution in [0.25, 0.3) is 10.8 Å². The van der Waals surface area contributed by atoms with Crippen molar-refractivity contribution in [2.75, 3.05) is 5.32 Å². The summed E-state index contributed by atoms with van der Waals surface area (Å²) >= 11 is 0. The quantitative estimate of drug-likeness (QED) is 0.474. The van der Waals surface area contributed by atoms with Crippen LogP contribution in [-0.2, 0) is 12.1 Å². The first-order chi connectivity index (χ1) is 12.8. The van der Waals surface area contributed by atoms with Crippen molar-refractivity contribution < 1.29 is 14.8 Å². The lowest BCUT2D eigenvalue weighted by molar-refractivity contribution is -0.384. The van der Waals surface area contributed by atoms with Gasteiger partial charge in [-0.2, -0.15) is 4.68 Å². The van der Waals surface area contributed by atoms with Crippen LogP contribution in [0.4, 0.5) is 22.1 Å². The van der Waals surface area contributed by atoms with Gasteiger partial charge >= 0.3 is 6.09 Å². The molecule has 0 radical (unpaired) electrons. The molecule has 3 aromatic rings. The summed E-state index contributed by atoms with van der Waals surface area (Å²) in [6, 6.07) is 6.16. The predicted molar refractivity (Wildman–Crippen MR) is 97.2 cm³/mol. The van der Waals surface area contributed by atoms with Crippen LogP contribution in [0.2, 0.25) is 0 Å². The van der Waals surface area contributed by atoms with Crippen molar-refractivity contribution in [3.63, 3.8) is 0 Å². The monoisotopic (exact) mass is 368 g/mol. The van der Waals surface area contributed by atoms with E-state index >= 15 is 0 Å². The average molecular weight is 368 g/mol. The Kier molecular flexibility index (Phi) is 3.60. The Morgan fingerprint density at radius 3 is 2.85 bits per heavy atom. The molecule has 3 N–H and O–H groups in total. The van der Waals surface area contributed by atoms with Crippen LogP contribution in [0.15, 0.2) is 30.5 Å². The number of hydrogen-bond donors (Lipinski definition) is 3. The number of nitrogens with zero attached hydrogens (tertiary/aromatic N) is 4. The van der Waals surface area contributed by atoms with Gasteiger partial charge in [0.05, 0.1) is 16.2 Å². The number of pyridine rings is 1. The molecule has 4 rings (SSSR count). The molecule has 27 heavy (non-hydrogen) atoms. The van der Waals surface area contributed by atoms with Gasteiger partial charge in [-0.05, 0) is 31.4 Å². The van der Waals surface area contributed by atoms with Crippen molar-refractivity contribution in [1.82, 2.24) is 20.1 Å². The fourth-order valence-corrected chi connectivity index (χ4v) is 3.38. The van der Waals surface area contributed by atoms with Gasteiger partial charge in [0.15, 0.2) is 5.82 Å². The van der Waals surface area contributed by atoms with Crippen molar-refractivity contribution >= 4 is 34.2 Å². The molecule has 2 aromatic heterocycles. The fourth-order valence-electron chi connectivity index (χ4n) is 3.38. The molecule has 0 fully saturated rings. The van der Waals surface area contributed by atoms with Gasteiger partial charge in [0.2, 0.25) is 0 Å². The zero-order chi connectivity index (χ0) is 19.3. The minimum atomic E-state index is -1.17. The molecule has 10 nitrogen and oxygen atoms in total. The molecule has 1 aliphatic rings. The Hall–Kier alpha value is -3.53. The van der Waals surface area contributed by atoms with E-state index in [-0.39, 0.29) is 5.69 Å². The highest BCUT2D eigenvalue weighted by molar-refractivity contribution is 5.94. The van der Waals surface area contributed by atoms with E-state index in [1.807, 2.05) is 13.8 Å². The van der Waals surface area contributed by atoms with Crippen LogP contribution in [0, 0.1) is 10.1 Å². The molecular formula is C17H16N6O4. The maximum Gasteiger partial charge on any atom is 0.432 e. The number of nitro benzene ring substituents is 1. The number of fused-ring (bicyclic) bond motifs is 2. The second-order valence-corrected chi connectivity index (χ2v) is 6.80. The lowest BCUT2D eigenvalue weighted by Crippen LogP contribution is -2.33. The third-order valence-electron chi connectivity index (χ3n) is 4.66. The number of anilines is 2. The predicted octanol–water partition coefficient (Wildman–Crippen LogP) is 2.95. The van der Waals surface area contributed by atoms with Gasteiger partial charge in [0, 0.05) is 35.8 Å². The summed E-state index contributed by atoms with van der Waals surface area (Å²) in [5.41, 5.74) is 0.783. The number of hydrogen-bond acceptors (Lipinski definition) is 7. The van der Waals surface area contributed by atoms with E-state index in [0.29, 0.717) is 34.6 Å². The molecule has 10 heteroatoms. The minimum absolute atomic E-state index is 0.0124. The number of carbonyl (C=O) groups is 1. The number of carboxylic acid groups (broad SMARTS) is 1. The van der Waals surface area contributed by atoms with Gasteiger partial charge in [-0.3, -0.25) is 10.1 Å². The summed E-state index contributed by atoms with van der Waals surface area (Å²) in [5, 5.41) is 32.3. The SMILES string of the molecule is CC1(C)NCc2c(Nc3nccc4cc([N+](=O)[O-])ccc34)nn(C(=O)O)c21. The third kappa shape index (κ3) is 2.66. The number of nitrogens with one attached hydrogen (secondary N) is 2. The molecule has 3 heterocycles. The third-order valence-corrected chi connectivity index (χ3v) is 4.66. The maximum atomic E-state index is 11.6. The summed E-state index contributed by atoms with van der Waals surface area (Å²) < 4.78 is 0.966. The summed E-state index contributed by atoms with van der Waals surface area (Å²) in [6.07, 6.45) is 0.364. The maximum absolute atomic E-state index is 11.6. The van der Waals surface area contributed by atoms with Gasteiger partial charge in [-0.15, -0.1) is 5.10 Å². The molecule has 0 saturated heterocycles. The summed E-state index contributed by atoms with van der Waals surface area (Å²) in [7, 11) is 0. The molecule has 0 atom stereocenters. The molecule has 0 spiro atoms. The van der Waals surface area contributed by atoms with Gasteiger partial charge in [-0.25, -0.2) is 9.78 Å². The van der Waals surface area contributed by atoms with E-state index in [4.69, 9.17) is 0 Å². The molecule has 0 aliphatic carbocycles. The highest BCUT2D eigenvalue weighted by atomic mass is 16.6. The normalized spacial score (nSPS) is 14.9. The summed E-state index contributed by atoms with van der Waals surface area (Å²) in [4.78, 5) is 26.4. The Morgan fingerprint density at radius 1 is 1.37 bits per heavy atom. The second kappa shape index (κ2) is 5.74. The number of rotatable bonds is 3. The topological polar surface area (TPSA) is 135 Å². The van der Waals surface area contributed by atoms with Gasteiger partial charge in [0.25, 0.3) is 5.69 Å². The van der Waals surface area contributed by atoms with Crippen LogP contribution >= 0.6 is 0 Å². The Labute approximate surface area is 153 Å². The average Bonchev–Trinajstić information content (AvgIpc) is 3.13. The highest BCUT2D eigenvalue weighted by Gasteiger charge is 2.38. The second-order valence-electron chi connectivity index (χ2n) is 6.80. The van der Waals surface area contributed by atoms with Crippen molar-refractivity contribution in [1.29, 1.82) is 0 Å². The standard InChI is InChI=1S/C17H16N6O4/c1-17(2)13-12(8-19-17)15(21-22(13)16(24)25)20-14-11-4-3-10(23(26)27)7-9(11)5-6-18-14/h3-7,19H,8H2,1-2H3,(H,24,25)(H,18,20,21). The molecule has 138 valence electrons. The first-order valence-corrected chi connectivity index (χ1v) is 8.19. The first kappa shape index (κ1) is 16.9. The minimum Gasteiger partial charge on any atom is -0.463 e. The molecule has 1 aromatic carbocycles. The highest BCUT2D eigenvalue weighted by Crippen LogP contribution is 2.36. The van der Waals surface area contributed by atoms with E-state index in [0.717, 1.165) is 10.2 Å². The molecular weight excluding hydrogens is 352 g/mol. The molecule has 1 aliphatic heterocycles. The van der Waals surface area contributed by atoms with E-state index in [2.05, 4.69) is 20.7 Å². The van der Waals surface area contributed by atoms with Crippen molar-refractivity contribution in [3.05, 3.63) is 51.8 Å². The van der Waals surface area contributed by atoms with Crippen LogP contribution in [0.3, 0.4) is 0 Å². The lowest BCUT2D eigenvalue weighted by atomic mass is 10.0. The van der Waals surface area contributed by atoms with Crippen molar-refractivity contribution in [2.45, 2.75) is 25.9 Å². The van der Waals surface area contributed by atoms with E-state index in [9.17, 15) is 20.0 Å².